The van der Waals surface area contributed by atoms with Crippen LogP contribution in [0, 0.1) is 0 Å². The highest BCUT2D eigenvalue weighted by Crippen LogP contribution is 2.28. The molecule has 154 valence electrons. The van der Waals surface area contributed by atoms with Gasteiger partial charge in [0, 0.05) is 23.5 Å². The number of pyridine rings is 1. The molecule has 11 heteroatoms. The normalized spacial score (nSPS) is 12.1. The molecule has 2 rings (SSSR count). The summed E-state index contributed by atoms with van der Waals surface area (Å²) in [6, 6.07) is 6.87. The molecule has 2 amide bonds. The smallest absolute Gasteiger partial charge is 0.417 e. The molecule has 0 saturated carbocycles. The Bertz CT molecular complexity index is 983. The number of hydrogen-bond acceptors (Lipinski definition) is 5. The lowest BCUT2D eigenvalue weighted by atomic mass is 10.2. The van der Waals surface area contributed by atoms with Crippen LogP contribution >= 0.6 is 0 Å². The highest BCUT2D eigenvalue weighted by Gasteiger charge is 2.31. The van der Waals surface area contributed by atoms with Crippen molar-refractivity contribution >= 4 is 23.5 Å². The quantitative estimate of drug-likeness (QED) is 0.699. The number of hydrogen-bond donors (Lipinski definition) is 2. The number of amides is 2. The maximum Gasteiger partial charge on any atom is 0.417 e. The Labute approximate surface area is 162 Å². The van der Waals surface area contributed by atoms with Crippen LogP contribution in [0.25, 0.3) is 0 Å². The van der Waals surface area contributed by atoms with Crippen molar-refractivity contribution in [1.29, 1.82) is 0 Å². The zero-order valence-electron chi connectivity index (χ0n) is 15.0. The molecule has 1 unspecified atom stereocenters. The lowest BCUT2D eigenvalue weighted by Crippen LogP contribution is -2.33. The van der Waals surface area contributed by atoms with Crippen LogP contribution in [0.15, 0.2) is 47.4 Å². The van der Waals surface area contributed by atoms with E-state index in [0.29, 0.717) is 28.6 Å². The van der Waals surface area contributed by atoms with E-state index >= 15 is 0 Å². The number of ether oxygens (including phenoxy) is 1. The molecule has 29 heavy (non-hydrogen) atoms. The highest BCUT2D eigenvalue weighted by molar-refractivity contribution is 5.96. The first-order valence-electron chi connectivity index (χ1n) is 8.15. The van der Waals surface area contributed by atoms with Crippen LogP contribution in [-0.2, 0) is 27.0 Å². The zero-order valence-corrected chi connectivity index (χ0v) is 15.0. The molecule has 8 nitrogen and oxygen atoms in total. The van der Waals surface area contributed by atoms with Crippen molar-refractivity contribution < 1.29 is 32.3 Å². The number of anilines is 1. The summed E-state index contributed by atoms with van der Waals surface area (Å²) in [5.41, 5.74) is 3.70. The average molecular weight is 411 g/mol. The van der Waals surface area contributed by atoms with Crippen LogP contribution in [0.4, 0.5) is 18.9 Å². The molecule has 0 fully saturated rings. The Morgan fingerprint density at radius 3 is 2.31 bits per heavy atom. The Hall–Kier alpha value is -3.63. The predicted octanol–water partition coefficient (Wildman–Crippen LogP) is 1.54. The fourth-order valence-electron chi connectivity index (χ4n) is 2.21. The lowest BCUT2D eigenvalue weighted by molar-refractivity contribution is -0.154. The van der Waals surface area contributed by atoms with Crippen molar-refractivity contribution in [3.63, 3.8) is 0 Å². The Morgan fingerprint density at radius 1 is 1.14 bits per heavy atom. The summed E-state index contributed by atoms with van der Waals surface area (Å²) in [4.78, 5) is 46.6. The number of nitrogens with two attached hydrogens (primary N) is 1. The molecule has 0 aliphatic heterocycles. The monoisotopic (exact) mass is 411 g/mol. The summed E-state index contributed by atoms with van der Waals surface area (Å²) in [6.07, 6.45) is -5.48. The lowest BCUT2D eigenvalue weighted by Gasteiger charge is -2.15. The van der Waals surface area contributed by atoms with Gasteiger partial charge in [0.15, 0.2) is 6.10 Å². The Kier molecular flexibility index (Phi) is 6.42. The van der Waals surface area contributed by atoms with Gasteiger partial charge in [-0.2, -0.15) is 13.2 Å². The number of rotatable bonds is 6. The standard InChI is InChI=1S/C18H16F3N3O5/c1-10(17(28)23-13-5-2-11(3-6-13)16(22)27)29-15(26)9-24-8-12(18(19,20)21)4-7-14(24)25/h2-8,10H,9H2,1H3,(H2,22,27)(H,23,28). The van der Waals surface area contributed by atoms with Gasteiger partial charge in [-0.25, -0.2) is 0 Å². The van der Waals surface area contributed by atoms with Crippen LogP contribution in [0.3, 0.4) is 0 Å². The summed E-state index contributed by atoms with van der Waals surface area (Å²) < 4.78 is 43.6. The average Bonchev–Trinajstić information content (AvgIpc) is 2.62. The summed E-state index contributed by atoms with van der Waals surface area (Å²) >= 11 is 0. The van der Waals surface area contributed by atoms with E-state index < -0.39 is 47.7 Å². The third kappa shape index (κ3) is 5.92. The number of alkyl halides is 3. The van der Waals surface area contributed by atoms with Gasteiger partial charge >= 0.3 is 12.1 Å². The molecule has 2 aromatic rings. The SMILES string of the molecule is CC(OC(=O)Cn1cc(C(F)(F)F)ccc1=O)C(=O)Nc1ccc(C(N)=O)cc1. The van der Waals surface area contributed by atoms with Gasteiger partial charge in [0.2, 0.25) is 5.91 Å². The van der Waals surface area contributed by atoms with Gasteiger partial charge in [-0.15, -0.1) is 0 Å². The topological polar surface area (TPSA) is 120 Å². The van der Waals surface area contributed by atoms with Gasteiger partial charge in [0.05, 0.1) is 5.56 Å². The van der Waals surface area contributed by atoms with Crippen molar-refractivity contribution in [2.75, 3.05) is 5.32 Å². The van der Waals surface area contributed by atoms with Gasteiger partial charge in [0.1, 0.15) is 6.54 Å². The summed E-state index contributed by atoms with van der Waals surface area (Å²) in [6.45, 7) is 0.452. The number of aromatic nitrogens is 1. The van der Waals surface area contributed by atoms with Crippen LogP contribution in [-0.4, -0.2) is 28.5 Å². The van der Waals surface area contributed by atoms with Crippen LogP contribution in [0.1, 0.15) is 22.8 Å². The highest BCUT2D eigenvalue weighted by atomic mass is 19.4. The van der Waals surface area contributed by atoms with Crippen molar-refractivity contribution in [1.82, 2.24) is 4.57 Å². The molecule has 1 heterocycles. The third-order valence-corrected chi connectivity index (χ3v) is 3.72. The zero-order chi connectivity index (χ0) is 21.8. The number of nitrogens with zero attached hydrogens (tertiary/aromatic N) is 1. The fraction of sp³-hybridized carbons (Fsp3) is 0.222. The van der Waals surface area contributed by atoms with E-state index in [4.69, 9.17) is 10.5 Å². The van der Waals surface area contributed by atoms with Crippen LogP contribution < -0.4 is 16.6 Å². The van der Waals surface area contributed by atoms with E-state index in [-0.39, 0.29) is 5.56 Å². The maximum absolute atomic E-state index is 12.7. The summed E-state index contributed by atoms with van der Waals surface area (Å²) in [5, 5.41) is 2.43. The second kappa shape index (κ2) is 8.59. The van der Waals surface area contributed by atoms with E-state index in [9.17, 15) is 32.3 Å². The molecule has 0 saturated heterocycles. The number of primary amides is 1. The van der Waals surface area contributed by atoms with E-state index in [1.165, 1.54) is 31.2 Å². The minimum Gasteiger partial charge on any atom is -0.451 e. The number of carbonyl (C=O) groups excluding carboxylic acids is 3. The molecule has 3 N–H and O–H groups in total. The minimum atomic E-state index is -4.68. The van der Waals surface area contributed by atoms with Crippen molar-refractivity contribution in [2.45, 2.75) is 25.7 Å². The van der Waals surface area contributed by atoms with Gasteiger partial charge in [-0.1, -0.05) is 0 Å². The first kappa shape index (κ1) is 21.7. The Morgan fingerprint density at radius 2 is 1.76 bits per heavy atom. The second-order valence-electron chi connectivity index (χ2n) is 5.94. The Balaban J connectivity index is 1.99. The van der Waals surface area contributed by atoms with E-state index in [0.717, 1.165) is 0 Å². The number of carbonyl (C=O) groups is 3. The van der Waals surface area contributed by atoms with Gasteiger partial charge < -0.3 is 20.4 Å². The second-order valence-corrected chi connectivity index (χ2v) is 5.94. The first-order valence-corrected chi connectivity index (χ1v) is 8.15. The number of nitrogens with one attached hydrogen (secondary N) is 1. The number of esters is 1. The van der Waals surface area contributed by atoms with Gasteiger partial charge in [0.25, 0.3) is 11.5 Å². The van der Waals surface area contributed by atoms with Crippen molar-refractivity contribution in [3.8, 4) is 0 Å². The molecule has 1 aromatic carbocycles. The molecule has 0 spiro atoms. The number of halogens is 3. The third-order valence-electron chi connectivity index (χ3n) is 3.72. The molecular formula is C18H16F3N3O5. The predicted molar refractivity (Wildman–Crippen MR) is 94.8 cm³/mol. The van der Waals surface area contributed by atoms with Gasteiger partial charge in [-0.05, 0) is 37.3 Å². The molecule has 1 atom stereocenters. The van der Waals surface area contributed by atoms with Gasteiger partial charge in [-0.3, -0.25) is 19.2 Å². The van der Waals surface area contributed by atoms with E-state index in [2.05, 4.69) is 5.32 Å². The van der Waals surface area contributed by atoms with Crippen molar-refractivity contribution in [2.24, 2.45) is 5.73 Å². The van der Waals surface area contributed by atoms with Crippen molar-refractivity contribution in [3.05, 3.63) is 64.1 Å². The maximum atomic E-state index is 12.7. The summed E-state index contributed by atoms with van der Waals surface area (Å²) in [5.74, 6) is -2.44. The molecule has 0 bridgehead atoms. The molecule has 0 radical (unpaired) electrons. The molecular weight excluding hydrogens is 395 g/mol. The summed E-state index contributed by atoms with van der Waals surface area (Å²) in [7, 11) is 0. The first-order chi connectivity index (χ1) is 13.5. The fourth-order valence-corrected chi connectivity index (χ4v) is 2.21. The van der Waals surface area contributed by atoms with Crippen LogP contribution in [0.2, 0.25) is 0 Å². The minimum absolute atomic E-state index is 0.231. The molecule has 0 aliphatic rings. The molecule has 1 aromatic heterocycles. The van der Waals surface area contributed by atoms with Crippen LogP contribution in [0.5, 0.6) is 0 Å². The van der Waals surface area contributed by atoms with E-state index in [1.54, 1.807) is 0 Å². The molecule has 0 aliphatic carbocycles. The number of benzene rings is 1. The van der Waals surface area contributed by atoms with E-state index in [1.807, 2.05) is 0 Å². The largest absolute Gasteiger partial charge is 0.451 e.